The molecule has 0 aliphatic rings. The molecule has 4 heterocycles. The summed E-state index contributed by atoms with van der Waals surface area (Å²) in [5.74, 6) is -0.839. The first-order valence-electron chi connectivity index (χ1n) is 10.5. The van der Waals surface area contributed by atoms with Gasteiger partial charge in [-0.15, -0.1) is 0 Å². The molecule has 1 amide bonds. The minimum atomic E-state index is -0.421. The number of fused-ring (bicyclic) bond motifs is 2. The van der Waals surface area contributed by atoms with Crippen LogP contribution in [-0.2, 0) is 6.54 Å². The van der Waals surface area contributed by atoms with E-state index in [-0.39, 0.29) is 23.0 Å². The first-order valence-corrected chi connectivity index (χ1v) is 10.9. The van der Waals surface area contributed by atoms with Gasteiger partial charge >= 0.3 is 0 Å². The molecule has 2 N–H and O–H groups in total. The van der Waals surface area contributed by atoms with Gasteiger partial charge in [0.1, 0.15) is 16.7 Å². The van der Waals surface area contributed by atoms with Crippen molar-refractivity contribution in [2.75, 3.05) is 7.05 Å². The lowest BCUT2D eigenvalue weighted by Crippen LogP contribution is -2.23. The standard InChI is InChI=1S/C25H19ClFN5O2/c1-13-9-17-19(11-18(13)27)32(12-15-10-14-5-3-7-29-23(14)31-22(15)26)21(25(34)28-2)20(17)16-6-4-8-30-24(16)33/h3-11H,12H2,1-2H3,(H,28,34)(H,30,33). The van der Waals surface area contributed by atoms with Gasteiger partial charge in [0, 0.05) is 46.9 Å². The molecule has 0 aliphatic heterocycles. The van der Waals surface area contributed by atoms with Gasteiger partial charge in [0.15, 0.2) is 5.65 Å². The van der Waals surface area contributed by atoms with E-state index in [0.717, 1.165) is 5.39 Å². The van der Waals surface area contributed by atoms with E-state index in [0.29, 0.717) is 38.8 Å². The molecule has 1 aromatic carbocycles. The first kappa shape index (κ1) is 21.8. The number of H-pyrrole nitrogens is 1. The number of benzene rings is 1. The normalized spacial score (nSPS) is 11.3. The Balaban J connectivity index is 1.85. The predicted octanol–water partition coefficient (Wildman–Crippen LogP) is 4.45. The lowest BCUT2D eigenvalue weighted by molar-refractivity contribution is 0.0955. The fraction of sp³-hybridized carbons (Fsp3) is 0.120. The van der Waals surface area contributed by atoms with Crippen LogP contribution < -0.4 is 10.9 Å². The maximum Gasteiger partial charge on any atom is 0.268 e. The Morgan fingerprint density at radius 1 is 1.24 bits per heavy atom. The molecule has 0 saturated heterocycles. The van der Waals surface area contributed by atoms with E-state index in [1.54, 1.807) is 42.0 Å². The molecule has 5 aromatic rings. The van der Waals surface area contributed by atoms with Crippen molar-refractivity contribution in [3.05, 3.63) is 93.0 Å². The van der Waals surface area contributed by atoms with Crippen molar-refractivity contribution in [1.82, 2.24) is 24.8 Å². The number of pyridine rings is 3. The van der Waals surface area contributed by atoms with E-state index in [1.165, 1.54) is 19.3 Å². The molecular formula is C25H19ClFN5O2. The van der Waals surface area contributed by atoms with Gasteiger partial charge in [0.2, 0.25) is 0 Å². The summed E-state index contributed by atoms with van der Waals surface area (Å²) in [5.41, 5.74) is 2.58. The third-order valence-electron chi connectivity index (χ3n) is 5.82. The molecule has 0 spiro atoms. The molecule has 34 heavy (non-hydrogen) atoms. The van der Waals surface area contributed by atoms with Crippen LogP contribution in [0.1, 0.15) is 21.6 Å². The van der Waals surface area contributed by atoms with Crippen molar-refractivity contribution in [1.29, 1.82) is 0 Å². The zero-order valence-corrected chi connectivity index (χ0v) is 19.1. The molecule has 0 unspecified atom stereocenters. The average Bonchev–Trinajstić information content (AvgIpc) is 3.12. The molecule has 0 fully saturated rings. The van der Waals surface area contributed by atoms with Crippen molar-refractivity contribution < 1.29 is 9.18 Å². The number of aromatic nitrogens is 4. The number of carbonyl (C=O) groups excluding carboxylic acids is 1. The van der Waals surface area contributed by atoms with Crippen LogP contribution in [0.3, 0.4) is 0 Å². The number of halogens is 2. The highest BCUT2D eigenvalue weighted by atomic mass is 35.5. The highest BCUT2D eigenvalue weighted by Crippen LogP contribution is 2.36. The van der Waals surface area contributed by atoms with E-state index in [1.807, 2.05) is 12.1 Å². The second kappa shape index (κ2) is 8.39. The van der Waals surface area contributed by atoms with Gasteiger partial charge in [-0.1, -0.05) is 11.6 Å². The fourth-order valence-corrected chi connectivity index (χ4v) is 4.39. The smallest absolute Gasteiger partial charge is 0.268 e. The lowest BCUT2D eigenvalue weighted by atomic mass is 10.0. The monoisotopic (exact) mass is 475 g/mol. The third kappa shape index (κ3) is 3.52. The van der Waals surface area contributed by atoms with Crippen LogP contribution in [0.2, 0.25) is 5.15 Å². The topological polar surface area (TPSA) is 92.7 Å². The summed E-state index contributed by atoms with van der Waals surface area (Å²) in [6, 6.07) is 11.8. The van der Waals surface area contributed by atoms with Gasteiger partial charge in [0.05, 0.1) is 12.1 Å². The summed E-state index contributed by atoms with van der Waals surface area (Å²) in [6.07, 6.45) is 3.15. The van der Waals surface area contributed by atoms with Crippen molar-refractivity contribution >= 4 is 39.4 Å². The number of hydrogen-bond donors (Lipinski definition) is 2. The van der Waals surface area contributed by atoms with E-state index in [4.69, 9.17) is 11.6 Å². The van der Waals surface area contributed by atoms with Crippen molar-refractivity contribution in [2.45, 2.75) is 13.5 Å². The summed E-state index contributed by atoms with van der Waals surface area (Å²) in [7, 11) is 1.51. The van der Waals surface area contributed by atoms with Crippen LogP contribution in [0.5, 0.6) is 0 Å². The van der Waals surface area contributed by atoms with Gasteiger partial charge in [-0.25, -0.2) is 14.4 Å². The van der Waals surface area contributed by atoms with Crippen LogP contribution in [0.25, 0.3) is 33.1 Å². The Labute approximate surface area is 198 Å². The Morgan fingerprint density at radius 2 is 2.06 bits per heavy atom. The number of rotatable bonds is 4. The number of aromatic amines is 1. The van der Waals surface area contributed by atoms with E-state index in [2.05, 4.69) is 20.3 Å². The lowest BCUT2D eigenvalue weighted by Gasteiger charge is -2.13. The number of amides is 1. The number of hydrogen-bond acceptors (Lipinski definition) is 4. The van der Waals surface area contributed by atoms with Gasteiger partial charge in [-0.05, 0) is 55.0 Å². The molecule has 5 rings (SSSR count). The Kier molecular flexibility index (Phi) is 5.37. The van der Waals surface area contributed by atoms with Crippen LogP contribution in [0.4, 0.5) is 4.39 Å². The second-order valence-electron chi connectivity index (χ2n) is 7.91. The summed E-state index contributed by atoms with van der Waals surface area (Å²) in [5, 5.41) is 4.24. The van der Waals surface area contributed by atoms with Gasteiger partial charge in [-0.2, -0.15) is 0 Å². The van der Waals surface area contributed by atoms with Crippen molar-refractivity contribution in [3.8, 4) is 11.1 Å². The average molecular weight is 476 g/mol. The minimum Gasteiger partial charge on any atom is -0.354 e. The second-order valence-corrected chi connectivity index (χ2v) is 8.27. The molecule has 4 aromatic heterocycles. The Morgan fingerprint density at radius 3 is 2.82 bits per heavy atom. The van der Waals surface area contributed by atoms with Crippen LogP contribution in [0, 0.1) is 12.7 Å². The van der Waals surface area contributed by atoms with Crippen LogP contribution >= 0.6 is 11.6 Å². The largest absolute Gasteiger partial charge is 0.354 e. The van der Waals surface area contributed by atoms with Crippen molar-refractivity contribution in [3.63, 3.8) is 0 Å². The molecule has 0 atom stereocenters. The summed E-state index contributed by atoms with van der Waals surface area (Å²) < 4.78 is 16.4. The first-order chi connectivity index (χ1) is 16.4. The highest BCUT2D eigenvalue weighted by molar-refractivity contribution is 6.30. The summed E-state index contributed by atoms with van der Waals surface area (Å²) in [4.78, 5) is 37.1. The number of nitrogens with zero attached hydrogens (tertiary/aromatic N) is 3. The van der Waals surface area contributed by atoms with Crippen molar-refractivity contribution in [2.24, 2.45) is 0 Å². The SMILES string of the molecule is CNC(=O)c1c(-c2ccc[nH]c2=O)c2cc(C)c(F)cc2n1Cc1cc2cccnc2nc1Cl. The third-order valence-corrected chi connectivity index (χ3v) is 6.14. The fourth-order valence-electron chi connectivity index (χ4n) is 4.20. The molecule has 9 heteroatoms. The maximum absolute atomic E-state index is 14.7. The van der Waals surface area contributed by atoms with E-state index >= 15 is 0 Å². The Bertz CT molecular complexity index is 1660. The zero-order valence-electron chi connectivity index (χ0n) is 18.3. The van der Waals surface area contributed by atoms with Gasteiger partial charge in [0.25, 0.3) is 11.5 Å². The highest BCUT2D eigenvalue weighted by Gasteiger charge is 2.26. The summed E-state index contributed by atoms with van der Waals surface area (Å²) in [6.45, 7) is 1.77. The molecule has 0 aliphatic carbocycles. The van der Waals surface area contributed by atoms with Gasteiger partial charge in [-0.3, -0.25) is 9.59 Å². The molecule has 0 bridgehead atoms. The zero-order chi connectivity index (χ0) is 24.0. The molecule has 170 valence electrons. The molecule has 7 nitrogen and oxygen atoms in total. The van der Waals surface area contributed by atoms with Crippen LogP contribution in [-0.4, -0.2) is 32.5 Å². The molecule has 0 saturated carbocycles. The predicted molar refractivity (Wildman–Crippen MR) is 130 cm³/mol. The number of carbonyl (C=O) groups is 1. The molecular weight excluding hydrogens is 457 g/mol. The number of aryl methyl sites for hydroxylation is 1. The van der Waals surface area contributed by atoms with E-state index < -0.39 is 11.7 Å². The summed E-state index contributed by atoms with van der Waals surface area (Å²) >= 11 is 6.48. The Hall–Kier alpha value is -4.04. The molecule has 0 radical (unpaired) electrons. The van der Waals surface area contributed by atoms with Crippen LogP contribution in [0.15, 0.2) is 59.7 Å². The maximum atomic E-state index is 14.7. The number of nitrogens with one attached hydrogen (secondary N) is 2. The van der Waals surface area contributed by atoms with Gasteiger partial charge < -0.3 is 14.9 Å². The quantitative estimate of drug-likeness (QED) is 0.376. The van der Waals surface area contributed by atoms with E-state index in [9.17, 15) is 14.0 Å². The minimum absolute atomic E-state index is 0.128.